The van der Waals surface area contributed by atoms with Crippen LogP contribution in [0.15, 0.2) is 12.1 Å². The highest BCUT2D eigenvalue weighted by molar-refractivity contribution is 9.09. The van der Waals surface area contributed by atoms with Gasteiger partial charge in [0.1, 0.15) is 0 Å². The smallest absolute Gasteiger partial charge is 0.0893 e. The largest absolute Gasteiger partial charge is 0.249 e. The normalized spacial score (nSPS) is 32.7. The minimum Gasteiger partial charge on any atom is -0.249 e. The van der Waals surface area contributed by atoms with Gasteiger partial charge in [-0.05, 0) is 55.4 Å². The van der Waals surface area contributed by atoms with Crippen molar-refractivity contribution in [3.8, 4) is 0 Å². The number of fused-ring (bicyclic) bond motifs is 6. The number of hydrogen-bond donors (Lipinski definition) is 0. The number of halogens is 2. The molecular formula is C18H20Br2N2. The van der Waals surface area contributed by atoms with E-state index in [9.17, 15) is 0 Å². The summed E-state index contributed by atoms with van der Waals surface area (Å²) in [4.78, 5) is 10.2. The van der Waals surface area contributed by atoms with E-state index in [2.05, 4.69) is 64.8 Å². The summed E-state index contributed by atoms with van der Waals surface area (Å²) in [5.41, 5.74) is 7.52. The Balaban J connectivity index is 2.04. The Bertz CT molecular complexity index is 788. The standard InChI is InChI=1S/C18H20Br2N2/c1-10-6-13-14(7-11(10)2)22-16-15(21-13)12-4-5-18(16,9-20)17(12,3)8-19/h6-7,12H,4-5,8-9H2,1-3H3/t12-,17-,18+/m1/s1. The lowest BCUT2D eigenvalue weighted by Gasteiger charge is -2.38. The first-order valence-electron chi connectivity index (χ1n) is 7.88. The van der Waals surface area contributed by atoms with E-state index in [-0.39, 0.29) is 10.8 Å². The molecule has 2 aliphatic rings. The van der Waals surface area contributed by atoms with Crippen molar-refractivity contribution in [2.75, 3.05) is 10.7 Å². The lowest BCUT2D eigenvalue weighted by Crippen LogP contribution is -2.40. The minimum absolute atomic E-state index is 0.122. The number of benzene rings is 1. The Kier molecular flexibility index (Phi) is 3.26. The molecule has 2 aliphatic carbocycles. The molecule has 1 heterocycles. The molecule has 2 nitrogen and oxygen atoms in total. The van der Waals surface area contributed by atoms with Gasteiger partial charge < -0.3 is 0 Å². The molecule has 4 rings (SSSR count). The molecule has 3 atom stereocenters. The maximum Gasteiger partial charge on any atom is 0.0893 e. The molecule has 22 heavy (non-hydrogen) atoms. The van der Waals surface area contributed by atoms with Gasteiger partial charge in [0.05, 0.1) is 22.4 Å². The first-order valence-corrected chi connectivity index (χ1v) is 10.1. The molecule has 116 valence electrons. The van der Waals surface area contributed by atoms with E-state index in [1.165, 1.54) is 35.4 Å². The number of aryl methyl sites for hydroxylation is 2. The molecule has 1 aromatic carbocycles. The van der Waals surface area contributed by atoms with Crippen LogP contribution in [0.4, 0.5) is 0 Å². The first kappa shape index (κ1) is 15.1. The average Bonchev–Trinajstić information content (AvgIpc) is 2.91. The van der Waals surface area contributed by atoms with Crippen molar-refractivity contribution in [3.63, 3.8) is 0 Å². The fourth-order valence-electron chi connectivity index (χ4n) is 4.58. The van der Waals surface area contributed by atoms with Crippen molar-refractivity contribution in [1.29, 1.82) is 0 Å². The summed E-state index contributed by atoms with van der Waals surface area (Å²) in [6, 6.07) is 4.38. The zero-order valence-corrected chi connectivity index (χ0v) is 16.4. The lowest BCUT2D eigenvalue weighted by atomic mass is 9.70. The van der Waals surface area contributed by atoms with Crippen LogP contribution in [-0.2, 0) is 5.41 Å². The second kappa shape index (κ2) is 4.76. The summed E-state index contributed by atoms with van der Waals surface area (Å²) in [6.45, 7) is 6.71. The maximum absolute atomic E-state index is 5.11. The van der Waals surface area contributed by atoms with Crippen LogP contribution in [0.25, 0.3) is 11.0 Å². The topological polar surface area (TPSA) is 25.8 Å². The van der Waals surface area contributed by atoms with Crippen molar-refractivity contribution in [2.24, 2.45) is 5.41 Å². The Hall–Kier alpha value is -0.480. The molecule has 0 saturated heterocycles. The molecule has 1 fully saturated rings. The van der Waals surface area contributed by atoms with E-state index in [0.717, 1.165) is 21.7 Å². The minimum atomic E-state index is 0.122. The van der Waals surface area contributed by atoms with E-state index in [0.29, 0.717) is 5.92 Å². The van der Waals surface area contributed by atoms with E-state index in [1.54, 1.807) is 0 Å². The predicted molar refractivity (Wildman–Crippen MR) is 98.4 cm³/mol. The average molecular weight is 424 g/mol. The SMILES string of the molecule is Cc1cc2nc3c(nc2cc1C)[C@@]1(CBr)CC[C@H]3[C@@]1(C)CBr. The molecule has 4 heteroatoms. The van der Waals surface area contributed by atoms with Crippen LogP contribution in [0.2, 0.25) is 0 Å². The van der Waals surface area contributed by atoms with Crippen LogP contribution in [0.5, 0.6) is 0 Å². The van der Waals surface area contributed by atoms with Crippen molar-refractivity contribution < 1.29 is 0 Å². The Morgan fingerprint density at radius 1 is 1.09 bits per heavy atom. The van der Waals surface area contributed by atoms with Gasteiger partial charge in [-0.25, -0.2) is 9.97 Å². The van der Waals surface area contributed by atoms with Crippen LogP contribution < -0.4 is 0 Å². The molecule has 0 aliphatic heterocycles. The quantitative estimate of drug-likeness (QED) is 0.622. The fourth-order valence-corrected chi connectivity index (χ4v) is 6.69. The molecule has 1 aromatic heterocycles. The van der Waals surface area contributed by atoms with Crippen LogP contribution in [0.1, 0.15) is 48.2 Å². The van der Waals surface area contributed by atoms with Gasteiger partial charge in [0.2, 0.25) is 0 Å². The summed E-state index contributed by atoms with van der Waals surface area (Å²) < 4.78 is 0. The lowest BCUT2D eigenvalue weighted by molar-refractivity contribution is 0.243. The third kappa shape index (κ3) is 1.61. The van der Waals surface area contributed by atoms with E-state index < -0.39 is 0 Å². The van der Waals surface area contributed by atoms with Crippen molar-refractivity contribution >= 4 is 42.9 Å². The van der Waals surface area contributed by atoms with Gasteiger partial charge in [-0.15, -0.1) is 0 Å². The summed E-state index contributed by atoms with van der Waals surface area (Å²) in [5, 5.41) is 1.97. The Morgan fingerprint density at radius 2 is 1.73 bits per heavy atom. The molecule has 0 unspecified atom stereocenters. The van der Waals surface area contributed by atoms with Gasteiger partial charge >= 0.3 is 0 Å². The van der Waals surface area contributed by atoms with Crippen LogP contribution in [0, 0.1) is 19.3 Å². The van der Waals surface area contributed by atoms with Crippen molar-refractivity contribution in [1.82, 2.24) is 9.97 Å². The second-order valence-corrected chi connectivity index (χ2v) is 8.36. The summed E-state index contributed by atoms with van der Waals surface area (Å²) >= 11 is 7.60. The number of nitrogens with zero attached hydrogens (tertiary/aromatic N) is 2. The highest BCUT2D eigenvalue weighted by Crippen LogP contribution is 2.68. The number of rotatable bonds is 2. The molecule has 0 spiro atoms. The van der Waals surface area contributed by atoms with Crippen molar-refractivity contribution in [2.45, 2.75) is 44.9 Å². The number of hydrogen-bond acceptors (Lipinski definition) is 2. The van der Waals surface area contributed by atoms with Crippen LogP contribution >= 0.6 is 31.9 Å². The van der Waals surface area contributed by atoms with Gasteiger partial charge in [-0.3, -0.25) is 0 Å². The number of alkyl halides is 2. The van der Waals surface area contributed by atoms with Gasteiger partial charge in [0.15, 0.2) is 0 Å². The van der Waals surface area contributed by atoms with Gasteiger partial charge in [0, 0.05) is 22.0 Å². The number of aromatic nitrogens is 2. The molecule has 0 radical (unpaired) electrons. The van der Waals surface area contributed by atoms with Crippen LogP contribution in [0.3, 0.4) is 0 Å². The zero-order valence-electron chi connectivity index (χ0n) is 13.2. The maximum atomic E-state index is 5.11. The molecule has 0 N–H and O–H groups in total. The highest BCUT2D eigenvalue weighted by atomic mass is 79.9. The van der Waals surface area contributed by atoms with E-state index >= 15 is 0 Å². The molecule has 2 bridgehead atoms. The third-order valence-corrected chi connectivity index (χ3v) is 8.44. The van der Waals surface area contributed by atoms with Gasteiger partial charge in [-0.1, -0.05) is 38.8 Å². The third-order valence-electron chi connectivity index (χ3n) is 6.32. The van der Waals surface area contributed by atoms with E-state index in [1.807, 2.05) is 0 Å². The molecule has 0 amide bonds. The summed E-state index contributed by atoms with van der Waals surface area (Å²) in [7, 11) is 0. The Morgan fingerprint density at radius 3 is 2.32 bits per heavy atom. The predicted octanol–water partition coefficient (Wildman–Crippen LogP) is 5.17. The van der Waals surface area contributed by atoms with Crippen LogP contribution in [-0.4, -0.2) is 20.6 Å². The zero-order chi connectivity index (χ0) is 15.7. The van der Waals surface area contributed by atoms with Gasteiger partial charge in [0.25, 0.3) is 0 Å². The molecule has 1 saturated carbocycles. The highest BCUT2D eigenvalue weighted by Gasteiger charge is 2.65. The molecular weight excluding hydrogens is 404 g/mol. The Labute approximate surface area is 148 Å². The van der Waals surface area contributed by atoms with E-state index in [4.69, 9.17) is 9.97 Å². The first-order chi connectivity index (χ1) is 10.5. The monoisotopic (exact) mass is 422 g/mol. The van der Waals surface area contributed by atoms with Gasteiger partial charge in [-0.2, -0.15) is 0 Å². The fraction of sp³-hybridized carbons (Fsp3) is 0.556. The second-order valence-electron chi connectivity index (χ2n) is 7.24. The van der Waals surface area contributed by atoms with Crippen molar-refractivity contribution in [3.05, 3.63) is 34.6 Å². The molecule has 2 aromatic rings. The summed E-state index contributed by atoms with van der Waals surface area (Å²) in [5.74, 6) is 0.526. The summed E-state index contributed by atoms with van der Waals surface area (Å²) in [6.07, 6.45) is 2.44.